The van der Waals surface area contributed by atoms with Gasteiger partial charge in [0.05, 0.1) is 0 Å². The maximum atomic E-state index is 12.9. The van der Waals surface area contributed by atoms with Crippen LogP contribution in [0.25, 0.3) is 21.9 Å². The fourth-order valence-corrected chi connectivity index (χ4v) is 2.86. The van der Waals surface area contributed by atoms with Crippen LogP contribution in [0.1, 0.15) is 0 Å². The van der Waals surface area contributed by atoms with Gasteiger partial charge >= 0.3 is 6.36 Å². The predicted octanol–water partition coefficient (Wildman–Crippen LogP) is 4.23. The van der Waals surface area contributed by atoms with Crippen LogP contribution in [0.2, 0.25) is 0 Å². The van der Waals surface area contributed by atoms with Crippen LogP contribution in [-0.4, -0.2) is 16.8 Å². The molecule has 1 amide bonds. The zero-order valence-electron chi connectivity index (χ0n) is 14.7. The number of carbonyl (C=O) groups is 1. The van der Waals surface area contributed by atoms with Gasteiger partial charge in [-0.05, 0) is 35.7 Å². The third-order valence-electron chi connectivity index (χ3n) is 4.04. The van der Waals surface area contributed by atoms with E-state index in [2.05, 4.69) is 16.6 Å². The highest BCUT2D eigenvalue weighted by Gasteiger charge is 2.32. The second-order valence-electron chi connectivity index (χ2n) is 5.96. The lowest BCUT2D eigenvalue weighted by Crippen LogP contribution is -2.19. The largest absolute Gasteiger partial charge is 0.573 e. The Labute approximate surface area is 157 Å². The molecular formula is C20H15F3N2O3. The van der Waals surface area contributed by atoms with Crippen LogP contribution in [0.4, 0.5) is 18.9 Å². The first kappa shape index (κ1) is 19.2. The summed E-state index contributed by atoms with van der Waals surface area (Å²) in [5, 5.41) is 3.31. The lowest BCUT2D eigenvalue weighted by Gasteiger charge is -2.17. The summed E-state index contributed by atoms with van der Waals surface area (Å²) in [6.07, 6.45) is -2.43. The first-order valence-corrected chi connectivity index (χ1v) is 8.11. The van der Waals surface area contributed by atoms with E-state index in [1.54, 1.807) is 24.3 Å². The van der Waals surface area contributed by atoms with Crippen LogP contribution < -0.4 is 15.6 Å². The van der Waals surface area contributed by atoms with E-state index < -0.39 is 18.0 Å². The highest BCUT2D eigenvalue weighted by atomic mass is 19.4. The molecule has 2 aromatic carbocycles. The number of pyridine rings is 1. The summed E-state index contributed by atoms with van der Waals surface area (Å²) < 4.78 is 44.2. The predicted molar refractivity (Wildman–Crippen MR) is 100 cm³/mol. The molecule has 0 fully saturated rings. The van der Waals surface area contributed by atoms with Gasteiger partial charge in [0.25, 0.3) is 5.56 Å². The minimum absolute atomic E-state index is 0.0750. The van der Waals surface area contributed by atoms with Gasteiger partial charge in [-0.15, -0.1) is 13.2 Å². The number of hydrogen-bond donors (Lipinski definition) is 1. The molecule has 1 N–H and O–H groups in total. The van der Waals surface area contributed by atoms with Gasteiger partial charge in [0.1, 0.15) is 5.75 Å². The molecule has 144 valence electrons. The number of nitrogens with one attached hydrogen (secondary N) is 1. The number of ether oxygens (including phenoxy) is 1. The average molecular weight is 388 g/mol. The van der Waals surface area contributed by atoms with E-state index in [-0.39, 0.29) is 16.8 Å². The smallest absolute Gasteiger partial charge is 0.405 e. The molecule has 0 bridgehead atoms. The Morgan fingerprint density at radius 2 is 1.82 bits per heavy atom. The number of carbonyl (C=O) groups excluding carboxylic acids is 1. The van der Waals surface area contributed by atoms with Crippen molar-refractivity contribution in [3.8, 4) is 16.9 Å². The maximum absolute atomic E-state index is 12.9. The Hall–Kier alpha value is -3.55. The van der Waals surface area contributed by atoms with E-state index in [9.17, 15) is 22.8 Å². The van der Waals surface area contributed by atoms with Gasteiger partial charge in [-0.2, -0.15) is 0 Å². The minimum atomic E-state index is -4.91. The molecule has 0 saturated heterocycles. The Morgan fingerprint density at radius 3 is 2.46 bits per heavy atom. The molecule has 0 spiro atoms. The Morgan fingerprint density at radius 1 is 1.14 bits per heavy atom. The van der Waals surface area contributed by atoms with Crippen LogP contribution >= 0.6 is 0 Å². The number of benzene rings is 2. The van der Waals surface area contributed by atoms with E-state index in [1.807, 2.05) is 0 Å². The Kier molecular flexibility index (Phi) is 4.96. The fraction of sp³-hybridized carbons (Fsp3) is 0.100. The van der Waals surface area contributed by atoms with Crippen molar-refractivity contribution in [3.63, 3.8) is 0 Å². The topological polar surface area (TPSA) is 60.3 Å². The van der Waals surface area contributed by atoms with Crippen LogP contribution in [0.5, 0.6) is 5.75 Å². The molecule has 0 aliphatic rings. The summed E-state index contributed by atoms with van der Waals surface area (Å²) in [4.78, 5) is 23.9. The number of aryl methyl sites for hydroxylation is 1. The van der Waals surface area contributed by atoms with Gasteiger partial charge in [0.15, 0.2) is 0 Å². The number of alkyl halides is 3. The summed E-state index contributed by atoms with van der Waals surface area (Å²) in [5.74, 6) is -0.964. The molecule has 5 nitrogen and oxygen atoms in total. The summed E-state index contributed by atoms with van der Waals surface area (Å²) in [6.45, 7) is 3.34. The van der Waals surface area contributed by atoms with E-state index in [4.69, 9.17) is 0 Å². The number of amides is 1. The van der Waals surface area contributed by atoms with Crippen molar-refractivity contribution in [1.82, 2.24) is 4.57 Å². The molecule has 0 atom stereocenters. The molecular weight excluding hydrogens is 373 g/mol. The number of fused-ring (bicyclic) bond motifs is 1. The molecule has 1 heterocycles. The molecule has 3 rings (SSSR count). The van der Waals surface area contributed by atoms with E-state index >= 15 is 0 Å². The molecule has 0 aliphatic carbocycles. The van der Waals surface area contributed by atoms with Crippen LogP contribution in [0.15, 0.2) is 66.1 Å². The standard InChI is InChI=1S/C20H15F3N2O3/c1-3-18(26)24-12-8-9-17(28-20(21,22)23)15(10-12)16-11-25(2)19(27)14-7-5-4-6-13(14)16/h3-11H,1H2,2H3,(H,24,26). The molecule has 8 heteroatoms. The number of aromatic nitrogens is 1. The summed E-state index contributed by atoms with van der Waals surface area (Å²) in [5.41, 5.74) is 0.402. The van der Waals surface area contributed by atoms with Gasteiger partial charge in [-0.1, -0.05) is 24.8 Å². The van der Waals surface area contributed by atoms with Crippen molar-refractivity contribution in [1.29, 1.82) is 0 Å². The number of nitrogens with zero attached hydrogens (tertiary/aromatic N) is 1. The molecule has 0 saturated carbocycles. The molecule has 0 unspecified atom stereocenters. The first-order valence-electron chi connectivity index (χ1n) is 8.11. The second-order valence-corrected chi connectivity index (χ2v) is 5.96. The van der Waals surface area contributed by atoms with Crippen molar-refractivity contribution in [2.45, 2.75) is 6.36 Å². The monoisotopic (exact) mass is 388 g/mol. The van der Waals surface area contributed by atoms with Crippen molar-refractivity contribution >= 4 is 22.4 Å². The van der Waals surface area contributed by atoms with E-state index in [0.29, 0.717) is 16.3 Å². The second kappa shape index (κ2) is 7.22. The van der Waals surface area contributed by atoms with Crippen molar-refractivity contribution < 1.29 is 22.7 Å². The SMILES string of the molecule is C=CC(=O)Nc1ccc(OC(F)(F)F)c(-c2cn(C)c(=O)c3ccccc23)c1. The lowest BCUT2D eigenvalue weighted by atomic mass is 9.99. The number of rotatable bonds is 4. The van der Waals surface area contributed by atoms with E-state index in [1.165, 1.54) is 29.9 Å². The quantitative estimate of drug-likeness (QED) is 0.681. The maximum Gasteiger partial charge on any atom is 0.573 e. The van der Waals surface area contributed by atoms with Gasteiger partial charge in [-0.3, -0.25) is 9.59 Å². The summed E-state index contributed by atoms with van der Waals surface area (Å²) in [7, 11) is 1.51. The zero-order valence-corrected chi connectivity index (χ0v) is 14.7. The molecule has 1 aromatic heterocycles. The van der Waals surface area contributed by atoms with Gasteiger partial charge in [-0.25, -0.2) is 0 Å². The molecule has 0 radical (unpaired) electrons. The van der Waals surface area contributed by atoms with Crippen LogP contribution in [-0.2, 0) is 11.8 Å². The number of anilines is 1. The zero-order chi connectivity index (χ0) is 20.5. The summed E-state index contributed by atoms with van der Waals surface area (Å²) >= 11 is 0. The minimum Gasteiger partial charge on any atom is -0.405 e. The lowest BCUT2D eigenvalue weighted by molar-refractivity contribution is -0.274. The highest BCUT2D eigenvalue weighted by molar-refractivity contribution is 6.01. The fourth-order valence-electron chi connectivity index (χ4n) is 2.86. The van der Waals surface area contributed by atoms with Crippen molar-refractivity contribution in [2.75, 3.05) is 5.32 Å². The highest BCUT2D eigenvalue weighted by Crippen LogP contribution is 2.38. The molecule has 0 aliphatic heterocycles. The van der Waals surface area contributed by atoms with Gasteiger partial charge < -0.3 is 14.6 Å². The Balaban J connectivity index is 2.29. The first-order chi connectivity index (χ1) is 13.2. The van der Waals surface area contributed by atoms with Crippen molar-refractivity contribution in [2.24, 2.45) is 7.05 Å². The normalized spacial score (nSPS) is 11.3. The van der Waals surface area contributed by atoms with Gasteiger partial charge in [0.2, 0.25) is 5.91 Å². The summed E-state index contributed by atoms with van der Waals surface area (Å²) in [6, 6.07) is 10.3. The number of hydrogen-bond acceptors (Lipinski definition) is 3. The molecule has 3 aromatic rings. The third kappa shape index (κ3) is 3.90. The Bertz CT molecular complexity index is 1130. The molecule has 28 heavy (non-hydrogen) atoms. The van der Waals surface area contributed by atoms with Gasteiger partial charge in [0, 0.05) is 35.4 Å². The third-order valence-corrected chi connectivity index (χ3v) is 4.04. The van der Waals surface area contributed by atoms with E-state index in [0.717, 1.165) is 12.1 Å². The van der Waals surface area contributed by atoms with Crippen molar-refractivity contribution in [3.05, 3.63) is 71.7 Å². The van der Waals surface area contributed by atoms with Crippen LogP contribution in [0.3, 0.4) is 0 Å². The average Bonchev–Trinajstić information content (AvgIpc) is 2.65. The van der Waals surface area contributed by atoms with Crippen LogP contribution in [0, 0.1) is 0 Å². The number of halogens is 3.